The van der Waals surface area contributed by atoms with Crippen molar-refractivity contribution in [2.45, 2.75) is 90.9 Å². The maximum absolute atomic E-state index is 11.6. The molecule has 0 unspecified atom stereocenters. The van der Waals surface area contributed by atoms with Crippen LogP contribution in [0.4, 0.5) is 0 Å². The van der Waals surface area contributed by atoms with E-state index in [1.54, 1.807) is 0 Å². The van der Waals surface area contributed by atoms with Gasteiger partial charge >= 0.3 is 5.97 Å². The highest BCUT2D eigenvalue weighted by atomic mass is 16.5. The molecular formula is C20H37NO3. The Morgan fingerprint density at radius 3 is 1.92 bits per heavy atom. The van der Waals surface area contributed by atoms with Gasteiger partial charge in [-0.05, 0) is 12.8 Å². The van der Waals surface area contributed by atoms with Crippen LogP contribution in [0.15, 0.2) is 12.2 Å². The van der Waals surface area contributed by atoms with Gasteiger partial charge in [0.1, 0.15) is 0 Å². The van der Waals surface area contributed by atoms with Crippen molar-refractivity contribution in [3.05, 3.63) is 12.2 Å². The van der Waals surface area contributed by atoms with E-state index in [0.717, 1.165) is 32.1 Å². The van der Waals surface area contributed by atoms with Gasteiger partial charge in [-0.2, -0.15) is 0 Å². The smallest absolute Gasteiger partial charge is 0.330 e. The molecule has 0 aliphatic rings. The SMILES string of the molecule is CCCCCCCCCCCNC(=O)/C=C/C(=O)OCCCCC. The van der Waals surface area contributed by atoms with Crippen molar-refractivity contribution in [2.75, 3.05) is 13.2 Å². The normalized spacial score (nSPS) is 10.9. The van der Waals surface area contributed by atoms with Crippen LogP contribution >= 0.6 is 0 Å². The van der Waals surface area contributed by atoms with Crippen LogP contribution in [0.1, 0.15) is 90.9 Å². The van der Waals surface area contributed by atoms with E-state index in [1.165, 1.54) is 57.1 Å². The van der Waals surface area contributed by atoms with Gasteiger partial charge in [-0.1, -0.05) is 78.1 Å². The predicted molar refractivity (Wildman–Crippen MR) is 99.9 cm³/mol. The summed E-state index contributed by atoms with van der Waals surface area (Å²) >= 11 is 0. The number of carbonyl (C=O) groups excluding carboxylic acids is 2. The van der Waals surface area contributed by atoms with Crippen LogP contribution in [-0.4, -0.2) is 25.0 Å². The van der Waals surface area contributed by atoms with Gasteiger partial charge in [0.05, 0.1) is 6.61 Å². The first kappa shape index (κ1) is 22.7. The number of rotatable bonds is 16. The third kappa shape index (κ3) is 17.0. The van der Waals surface area contributed by atoms with E-state index in [2.05, 4.69) is 19.2 Å². The molecule has 0 saturated carbocycles. The Morgan fingerprint density at radius 1 is 0.750 bits per heavy atom. The van der Waals surface area contributed by atoms with E-state index in [-0.39, 0.29) is 5.91 Å². The summed E-state index contributed by atoms with van der Waals surface area (Å²) in [5.41, 5.74) is 0. The molecule has 0 aliphatic carbocycles. The molecule has 140 valence electrons. The molecule has 0 fully saturated rings. The Morgan fingerprint density at radius 2 is 1.29 bits per heavy atom. The average molecular weight is 340 g/mol. The largest absolute Gasteiger partial charge is 0.463 e. The molecule has 1 N–H and O–H groups in total. The lowest BCUT2D eigenvalue weighted by molar-refractivity contribution is -0.138. The Bertz CT molecular complexity index is 340. The molecule has 4 nitrogen and oxygen atoms in total. The molecule has 0 bridgehead atoms. The zero-order valence-corrected chi connectivity index (χ0v) is 15.8. The van der Waals surface area contributed by atoms with Gasteiger partial charge in [-0.15, -0.1) is 0 Å². The van der Waals surface area contributed by atoms with Crippen molar-refractivity contribution in [1.29, 1.82) is 0 Å². The van der Waals surface area contributed by atoms with Crippen LogP contribution in [0.25, 0.3) is 0 Å². The van der Waals surface area contributed by atoms with Crippen molar-refractivity contribution >= 4 is 11.9 Å². The van der Waals surface area contributed by atoms with Gasteiger partial charge in [0, 0.05) is 18.7 Å². The van der Waals surface area contributed by atoms with Crippen LogP contribution in [0.2, 0.25) is 0 Å². The van der Waals surface area contributed by atoms with E-state index >= 15 is 0 Å². The van der Waals surface area contributed by atoms with E-state index in [0.29, 0.717) is 13.2 Å². The van der Waals surface area contributed by atoms with Gasteiger partial charge in [0.25, 0.3) is 0 Å². The summed E-state index contributed by atoms with van der Waals surface area (Å²) in [7, 11) is 0. The topological polar surface area (TPSA) is 55.4 Å². The molecular weight excluding hydrogens is 302 g/mol. The second-order valence-corrected chi connectivity index (χ2v) is 6.33. The predicted octanol–water partition coefficient (Wildman–Crippen LogP) is 4.92. The quantitative estimate of drug-likeness (QED) is 0.247. The minimum Gasteiger partial charge on any atom is -0.463 e. The summed E-state index contributed by atoms with van der Waals surface area (Å²) in [5, 5.41) is 2.80. The lowest BCUT2D eigenvalue weighted by Gasteiger charge is -2.03. The number of hydrogen-bond acceptors (Lipinski definition) is 3. The first-order valence-electron chi connectivity index (χ1n) is 9.83. The molecule has 24 heavy (non-hydrogen) atoms. The monoisotopic (exact) mass is 339 g/mol. The summed E-state index contributed by atoms with van der Waals surface area (Å²) in [6.45, 7) is 5.43. The first-order chi connectivity index (χ1) is 11.7. The van der Waals surface area contributed by atoms with E-state index < -0.39 is 5.97 Å². The molecule has 0 aromatic carbocycles. The molecule has 1 amide bonds. The number of amides is 1. The van der Waals surface area contributed by atoms with Gasteiger partial charge in [0.15, 0.2) is 0 Å². The Labute approximate surface area is 148 Å². The molecule has 0 spiro atoms. The lowest BCUT2D eigenvalue weighted by atomic mass is 10.1. The third-order valence-corrected chi connectivity index (χ3v) is 3.94. The Balaban J connectivity index is 3.42. The van der Waals surface area contributed by atoms with Gasteiger partial charge in [0.2, 0.25) is 5.91 Å². The molecule has 0 aromatic heterocycles. The number of esters is 1. The summed E-state index contributed by atoms with van der Waals surface area (Å²) in [6.07, 6.45) is 16.9. The van der Waals surface area contributed by atoms with E-state index in [9.17, 15) is 9.59 Å². The van der Waals surface area contributed by atoms with Crippen LogP contribution in [-0.2, 0) is 14.3 Å². The fourth-order valence-electron chi connectivity index (χ4n) is 2.42. The highest BCUT2D eigenvalue weighted by molar-refractivity contribution is 5.94. The zero-order chi connectivity index (χ0) is 17.9. The van der Waals surface area contributed by atoms with Gasteiger partial charge < -0.3 is 10.1 Å². The van der Waals surface area contributed by atoms with Crippen molar-refractivity contribution in [2.24, 2.45) is 0 Å². The second-order valence-electron chi connectivity index (χ2n) is 6.33. The standard InChI is InChI=1S/C20H37NO3/c1-3-5-7-8-9-10-11-12-13-17-21-19(22)15-16-20(23)24-18-14-6-4-2/h15-16H,3-14,17-18H2,1-2H3,(H,21,22)/b16-15+. The molecule has 0 rings (SSSR count). The fraction of sp³-hybridized carbons (Fsp3) is 0.800. The number of carbonyl (C=O) groups is 2. The molecule has 0 radical (unpaired) electrons. The first-order valence-corrected chi connectivity index (χ1v) is 9.83. The van der Waals surface area contributed by atoms with E-state index in [4.69, 9.17) is 4.74 Å². The molecule has 0 aliphatic heterocycles. The number of unbranched alkanes of at least 4 members (excludes halogenated alkanes) is 10. The van der Waals surface area contributed by atoms with Gasteiger partial charge in [-0.25, -0.2) is 4.79 Å². The van der Waals surface area contributed by atoms with E-state index in [1.807, 2.05) is 0 Å². The maximum Gasteiger partial charge on any atom is 0.330 e. The van der Waals surface area contributed by atoms with Crippen LogP contribution < -0.4 is 5.32 Å². The Hall–Kier alpha value is -1.32. The lowest BCUT2D eigenvalue weighted by Crippen LogP contribution is -2.22. The fourth-order valence-corrected chi connectivity index (χ4v) is 2.42. The van der Waals surface area contributed by atoms with Crippen molar-refractivity contribution < 1.29 is 14.3 Å². The second kappa shape index (κ2) is 18.0. The third-order valence-electron chi connectivity index (χ3n) is 3.94. The van der Waals surface area contributed by atoms with Crippen molar-refractivity contribution in [1.82, 2.24) is 5.32 Å². The molecule has 0 atom stereocenters. The molecule has 0 heterocycles. The Kier molecular flexibility index (Phi) is 17.0. The zero-order valence-electron chi connectivity index (χ0n) is 15.8. The molecule has 4 heteroatoms. The van der Waals surface area contributed by atoms with Crippen LogP contribution in [0, 0.1) is 0 Å². The number of hydrogen-bond donors (Lipinski definition) is 1. The average Bonchev–Trinajstić information content (AvgIpc) is 2.58. The highest BCUT2D eigenvalue weighted by Gasteiger charge is 1.99. The maximum atomic E-state index is 11.6. The number of nitrogens with one attached hydrogen (secondary N) is 1. The van der Waals surface area contributed by atoms with Gasteiger partial charge in [-0.3, -0.25) is 4.79 Å². The minimum absolute atomic E-state index is 0.222. The molecule has 0 aromatic rings. The molecule has 0 saturated heterocycles. The van der Waals surface area contributed by atoms with Crippen LogP contribution in [0.5, 0.6) is 0 Å². The summed E-state index contributed by atoms with van der Waals surface area (Å²) in [6, 6.07) is 0. The highest BCUT2D eigenvalue weighted by Crippen LogP contribution is 2.09. The minimum atomic E-state index is -0.440. The summed E-state index contributed by atoms with van der Waals surface area (Å²) < 4.78 is 4.99. The van der Waals surface area contributed by atoms with Crippen molar-refractivity contribution in [3.63, 3.8) is 0 Å². The number of ether oxygens (including phenoxy) is 1. The summed E-state index contributed by atoms with van der Waals surface area (Å²) in [5.74, 6) is -0.663. The van der Waals surface area contributed by atoms with Crippen LogP contribution in [0.3, 0.4) is 0 Å². The summed E-state index contributed by atoms with van der Waals surface area (Å²) in [4.78, 5) is 22.9. The van der Waals surface area contributed by atoms with Crippen molar-refractivity contribution in [3.8, 4) is 0 Å².